The molecule has 14 heavy (non-hydrogen) atoms. The summed E-state index contributed by atoms with van der Waals surface area (Å²) >= 11 is 3.69. The lowest BCUT2D eigenvalue weighted by Gasteiger charge is -2.48. The van der Waals surface area contributed by atoms with Gasteiger partial charge in [-0.1, -0.05) is 29.8 Å². The second kappa shape index (κ2) is 3.48. The lowest BCUT2D eigenvalue weighted by molar-refractivity contribution is -0.133. The Morgan fingerprint density at radius 3 is 2.36 bits per heavy atom. The third kappa shape index (κ3) is 1.16. The summed E-state index contributed by atoms with van der Waals surface area (Å²) in [7, 11) is 0. The van der Waals surface area contributed by atoms with Crippen LogP contribution in [0.25, 0.3) is 0 Å². The van der Waals surface area contributed by atoms with Gasteiger partial charge in [-0.2, -0.15) is 0 Å². The molecule has 3 unspecified atom stereocenters. The Kier molecular flexibility index (Phi) is 2.72. The number of rotatable bonds is 3. The second-order valence-electron chi connectivity index (χ2n) is 5.38. The van der Waals surface area contributed by atoms with E-state index in [1.807, 2.05) is 0 Å². The molecule has 0 heterocycles. The number of hydrogen-bond acceptors (Lipinski definition) is 1. The lowest BCUT2D eigenvalue weighted by atomic mass is 9.66. The third-order valence-electron chi connectivity index (χ3n) is 4.80. The summed E-state index contributed by atoms with van der Waals surface area (Å²) in [4.78, 5) is 0. The van der Waals surface area contributed by atoms with Gasteiger partial charge in [-0.05, 0) is 43.4 Å². The van der Waals surface area contributed by atoms with Crippen LogP contribution in [0, 0.1) is 17.3 Å². The van der Waals surface area contributed by atoms with Crippen molar-refractivity contribution in [3.63, 3.8) is 0 Å². The highest BCUT2D eigenvalue weighted by molar-refractivity contribution is 9.09. The van der Waals surface area contributed by atoms with Crippen molar-refractivity contribution in [3.8, 4) is 0 Å². The Morgan fingerprint density at radius 1 is 1.29 bits per heavy atom. The maximum absolute atomic E-state index is 6.14. The molecule has 2 bridgehead atoms. The van der Waals surface area contributed by atoms with Gasteiger partial charge in [-0.15, -0.1) is 0 Å². The van der Waals surface area contributed by atoms with Crippen LogP contribution < -0.4 is 0 Å². The van der Waals surface area contributed by atoms with E-state index in [0.717, 1.165) is 23.8 Å². The molecule has 0 aromatic heterocycles. The van der Waals surface area contributed by atoms with E-state index in [-0.39, 0.29) is 5.60 Å². The molecule has 2 fully saturated rings. The van der Waals surface area contributed by atoms with Crippen LogP contribution in [-0.4, -0.2) is 17.5 Å². The molecular formula is C12H21BrO. The molecule has 2 rings (SSSR count). The average Bonchev–Trinajstić information content (AvgIpc) is 2.68. The molecule has 2 aliphatic carbocycles. The zero-order chi connectivity index (χ0) is 10.4. The smallest absolute Gasteiger partial charge is 0.0859 e. The standard InChI is InChI=1S/C12H21BrO/c1-4-14-12(8-13)10-6-5-9(7-10)11(12,2)3/h9-10H,4-8H2,1-3H3. The van der Waals surface area contributed by atoms with Gasteiger partial charge >= 0.3 is 0 Å². The first-order valence-corrected chi connectivity index (χ1v) is 6.90. The molecule has 0 saturated heterocycles. The van der Waals surface area contributed by atoms with Crippen molar-refractivity contribution in [3.05, 3.63) is 0 Å². The predicted molar refractivity (Wildman–Crippen MR) is 62.8 cm³/mol. The first-order chi connectivity index (χ1) is 6.58. The molecule has 0 aliphatic heterocycles. The van der Waals surface area contributed by atoms with Gasteiger partial charge in [0, 0.05) is 11.9 Å². The molecule has 0 N–H and O–H groups in total. The molecule has 1 nitrogen and oxygen atoms in total. The SMILES string of the molecule is CCOC1(CBr)C2CCC(C2)C1(C)C. The van der Waals surface area contributed by atoms with E-state index in [2.05, 4.69) is 36.7 Å². The second-order valence-corrected chi connectivity index (χ2v) is 5.95. The summed E-state index contributed by atoms with van der Waals surface area (Å²) in [5.41, 5.74) is 0.472. The Morgan fingerprint density at radius 2 is 1.93 bits per heavy atom. The van der Waals surface area contributed by atoms with Crippen molar-refractivity contribution in [2.45, 2.75) is 45.6 Å². The maximum atomic E-state index is 6.14. The average molecular weight is 261 g/mol. The molecule has 0 amide bonds. The first-order valence-electron chi connectivity index (χ1n) is 5.78. The van der Waals surface area contributed by atoms with Crippen molar-refractivity contribution in [1.29, 1.82) is 0 Å². The first kappa shape index (κ1) is 10.9. The molecule has 82 valence electrons. The molecule has 2 aliphatic rings. The van der Waals surface area contributed by atoms with Crippen molar-refractivity contribution in [1.82, 2.24) is 0 Å². The van der Waals surface area contributed by atoms with E-state index in [9.17, 15) is 0 Å². The van der Waals surface area contributed by atoms with E-state index >= 15 is 0 Å². The lowest BCUT2D eigenvalue weighted by Crippen LogP contribution is -2.53. The minimum absolute atomic E-state index is 0.116. The van der Waals surface area contributed by atoms with Gasteiger partial charge in [-0.3, -0.25) is 0 Å². The minimum atomic E-state index is 0.116. The Hall–Kier alpha value is 0.440. The van der Waals surface area contributed by atoms with Crippen molar-refractivity contribution >= 4 is 15.9 Å². The highest BCUT2D eigenvalue weighted by Crippen LogP contribution is 2.63. The summed E-state index contributed by atoms with van der Waals surface area (Å²) in [6.45, 7) is 7.76. The summed E-state index contributed by atoms with van der Waals surface area (Å²) in [5.74, 6) is 1.68. The number of alkyl halides is 1. The van der Waals surface area contributed by atoms with Crippen LogP contribution in [0.2, 0.25) is 0 Å². The summed E-state index contributed by atoms with van der Waals surface area (Å²) in [6, 6.07) is 0. The fourth-order valence-electron chi connectivity index (χ4n) is 3.81. The van der Waals surface area contributed by atoms with Gasteiger partial charge < -0.3 is 4.74 Å². The van der Waals surface area contributed by atoms with Crippen molar-refractivity contribution < 1.29 is 4.74 Å². The van der Waals surface area contributed by atoms with Gasteiger partial charge in [0.1, 0.15) is 0 Å². The zero-order valence-corrected chi connectivity index (χ0v) is 11.1. The monoisotopic (exact) mass is 260 g/mol. The van der Waals surface area contributed by atoms with Crippen LogP contribution in [0.4, 0.5) is 0 Å². The van der Waals surface area contributed by atoms with Crippen molar-refractivity contribution in [2.75, 3.05) is 11.9 Å². The highest BCUT2D eigenvalue weighted by atomic mass is 79.9. The van der Waals surface area contributed by atoms with Crippen LogP contribution in [-0.2, 0) is 4.74 Å². The number of ether oxygens (including phenoxy) is 1. The molecule has 3 atom stereocenters. The molecular weight excluding hydrogens is 240 g/mol. The normalized spacial score (nSPS) is 44.6. The molecule has 0 radical (unpaired) electrons. The van der Waals surface area contributed by atoms with E-state index in [1.165, 1.54) is 19.3 Å². The van der Waals surface area contributed by atoms with Crippen LogP contribution in [0.5, 0.6) is 0 Å². The molecule has 0 aromatic rings. The minimum Gasteiger partial charge on any atom is -0.374 e. The van der Waals surface area contributed by atoms with E-state index < -0.39 is 0 Å². The quantitative estimate of drug-likeness (QED) is 0.705. The van der Waals surface area contributed by atoms with E-state index in [1.54, 1.807) is 0 Å². The fraction of sp³-hybridized carbons (Fsp3) is 1.00. The van der Waals surface area contributed by atoms with E-state index in [4.69, 9.17) is 4.74 Å². The zero-order valence-electron chi connectivity index (χ0n) is 9.48. The van der Waals surface area contributed by atoms with Crippen molar-refractivity contribution in [2.24, 2.45) is 17.3 Å². The molecule has 2 saturated carbocycles. The Balaban J connectivity index is 2.31. The summed E-state index contributed by atoms with van der Waals surface area (Å²) < 4.78 is 6.14. The van der Waals surface area contributed by atoms with Gasteiger partial charge in [0.2, 0.25) is 0 Å². The van der Waals surface area contributed by atoms with E-state index in [0.29, 0.717) is 5.41 Å². The van der Waals surface area contributed by atoms with Crippen LogP contribution in [0.15, 0.2) is 0 Å². The van der Waals surface area contributed by atoms with Crippen LogP contribution >= 0.6 is 15.9 Å². The number of halogens is 1. The summed E-state index contributed by atoms with van der Waals surface area (Å²) in [5, 5.41) is 1.00. The molecule has 0 aromatic carbocycles. The topological polar surface area (TPSA) is 9.23 Å². The van der Waals surface area contributed by atoms with Gasteiger partial charge in [-0.25, -0.2) is 0 Å². The third-order valence-corrected chi connectivity index (χ3v) is 5.64. The van der Waals surface area contributed by atoms with Crippen LogP contribution in [0.1, 0.15) is 40.0 Å². The Labute approximate surface area is 95.7 Å². The van der Waals surface area contributed by atoms with Crippen LogP contribution in [0.3, 0.4) is 0 Å². The predicted octanol–water partition coefficient (Wildman–Crippen LogP) is 3.61. The fourth-order valence-corrected chi connectivity index (χ4v) is 5.16. The van der Waals surface area contributed by atoms with Gasteiger partial charge in [0.25, 0.3) is 0 Å². The van der Waals surface area contributed by atoms with Gasteiger partial charge in [0.15, 0.2) is 0 Å². The number of hydrogen-bond donors (Lipinski definition) is 0. The largest absolute Gasteiger partial charge is 0.374 e. The number of fused-ring (bicyclic) bond motifs is 2. The maximum Gasteiger partial charge on any atom is 0.0859 e. The molecule has 0 spiro atoms. The van der Waals surface area contributed by atoms with Gasteiger partial charge in [0.05, 0.1) is 5.60 Å². The summed E-state index contributed by atoms with van der Waals surface area (Å²) in [6.07, 6.45) is 4.18. The Bertz CT molecular complexity index is 226. The molecule has 2 heteroatoms. The highest BCUT2D eigenvalue weighted by Gasteiger charge is 2.63.